The van der Waals surface area contributed by atoms with Gasteiger partial charge >= 0.3 is 12.0 Å². The van der Waals surface area contributed by atoms with Crippen LogP contribution in [0.5, 0.6) is 0 Å². The first kappa shape index (κ1) is 18.8. The molecule has 2 amide bonds. The van der Waals surface area contributed by atoms with E-state index < -0.39 is 23.6 Å². The molecule has 2 aromatic rings. The molecule has 0 fully saturated rings. The lowest BCUT2D eigenvalue weighted by molar-refractivity contribution is -0.137. The van der Waals surface area contributed by atoms with Crippen molar-refractivity contribution in [3.63, 3.8) is 0 Å². The van der Waals surface area contributed by atoms with Crippen LogP contribution in [0.2, 0.25) is 0 Å². The SMILES string of the molecule is Cc1nc(NC(=O)NCCCC(=O)O)sc1Cc1c(F)cccc1F. The van der Waals surface area contributed by atoms with Gasteiger partial charge in [-0.05, 0) is 25.5 Å². The molecule has 0 saturated carbocycles. The Labute approximate surface area is 146 Å². The molecule has 1 aromatic heterocycles. The summed E-state index contributed by atoms with van der Waals surface area (Å²) in [5.41, 5.74) is 0.535. The van der Waals surface area contributed by atoms with Crippen molar-refractivity contribution in [2.75, 3.05) is 11.9 Å². The van der Waals surface area contributed by atoms with E-state index in [0.717, 1.165) is 11.3 Å². The van der Waals surface area contributed by atoms with E-state index in [0.29, 0.717) is 22.1 Å². The highest BCUT2D eigenvalue weighted by molar-refractivity contribution is 7.15. The van der Waals surface area contributed by atoms with Gasteiger partial charge in [-0.25, -0.2) is 18.6 Å². The third-order valence-electron chi connectivity index (χ3n) is 3.37. The Morgan fingerprint density at radius 1 is 1.28 bits per heavy atom. The molecule has 0 unspecified atom stereocenters. The molecule has 0 atom stereocenters. The number of aromatic nitrogens is 1. The van der Waals surface area contributed by atoms with Crippen LogP contribution >= 0.6 is 11.3 Å². The fourth-order valence-corrected chi connectivity index (χ4v) is 3.06. The zero-order valence-corrected chi connectivity index (χ0v) is 14.3. The highest BCUT2D eigenvalue weighted by atomic mass is 32.1. The minimum Gasteiger partial charge on any atom is -0.481 e. The molecule has 0 aliphatic heterocycles. The smallest absolute Gasteiger partial charge is 0.321 e. The highest BCUT2D eigenvalue weighted by Crippen LogP contribution is 2.27. The van der Waals surface area contributed by atoms with Gasteiger partial charge < -0.3 is 10.4 Å². The second-order valence-corrected chi connectivity index (χ2v) is 6.37. The van der Waals surface area contributed by atoms with Crippen molar-refractivity contribution in [1.29, 1.82) is 0 Å². The molecular weight excluding hydrogens is 352 g/mol. The molecule has 0 bridgehead atoms. The summed E-state index contributed by atoms with van der Waals surface area (Å²) in [6.07, 6.45) is 0.330. The number of halogens is 2. The molecule has 1 heterocycles. The number of rotatable bonds is 7. The maximum Gasteiger partial charge on any atom is 0.321 e. The summed E-state index contributed by atoms with van der Waals surface area (Å²) in [7, 11) is 0. The standard InChI is InChI=1S/C16H17F2N3O3S/c1-9-13(8-10-11(17)4-2-5-12(10)18)25-16(20-9)21-15(24)19-7-3-6-14(22)23/h2,4-5H,3,6-8H2,1H3,(H,22,23)(H2,19,20,21,24). The van der Waals surface area contributed by atoms with Crippen LogP contribution < -0.4 is 10.6 Å². The van der Waals surface area contributed by atoms with Gasteiger partial charge in [0.1, 0.15) is 11.6 Å². The van der Waals surface area contributed by atoms with E-state index in [1.807, 2.05) is 0 Å². The normalized spacial score (nSPS) is 10.5. The fraction of sp³-hybridized carbons (Fsp3) is 0.312. The van der Waals surface area contributed by atoms with Gasteiger partial charge in [0.2, 0.25) is 0 Å². The molecule has 3 N–H and O–H groups in total. The number of anilines is 1. The Balaban J connectivity index is 1.95. The van der Waals surface area contributed by atoms with Crippen LogP contribution in [0.1, 0.15) is 29.0 Å². The number of benzene rings is 1. The maximum absolute atomic E-state index is 13.7. The first-order chi connectivity index (χ1) is 11.9. The van der Waals surface area contributed by atoms with Gasteiger partial charge in [0.25, 0.3) is 0 Å². The number of carbonyl (C=O) groups excluding carboxylic acids is 1. The summed E-state index contributed by atoms with van der Waals surface area (Å²) in [6.45, 7) is 1.91. The van der Waals surface area contributed by atoms with Gasteiger partial charge in [-0.1, -0.05) is 6.07 Å². The van der Waals surface area contributed by atoms with Crippen molar-refractivity contribution in [2.45, 2.75) is 26.2 Å². The predicted octanol–water partition coefficient (Wildman–Crippen LogP) is 3.31. The number of nitrogens with one attached hydrogen (secondary N) is 2. The fourth-order valence-electron chi connectivity index (χ4n) is 2.09. The van der Waals surface area contributed by atoms with Gasteiger partial charge in [-0.3, -0.25) is 10.1 Å². The lowest BCUT2D eigenvalue weighted by atomic mass is 10.1. The number of nitrogens with zero attached hydrogens (tertiary/aromatic N) is 1. The zero-order valence-electron chi connectivity index (χ0n) is 13.4. The van der Waals surface area contributed by atoms with Gasteiger partial charge in [0.15, 0.2) is 5.13 Å². The van der Waals surface area contributed by atoms with E-state index in [4.69, 9.17) is 5.11 Å². The minimum atomic E-state index is -0.928. The lowest BCUT2D eigenvalue weighted by Gasteiger charge is -2.04. The zero-order chi connectivity index (χ0) is 18.4. The van der Waals surface area contributed by atoms with Crippen molar-refractivity contribution in [2.24, 2.45) is 0 Å². The van der Waals surface area contributed by atoms with Crippen molar-refractivity contribution in [3.8, 4) is 0 Å². The van der Waals surface area contributed by atoms with Crippen molar-refractivity contribution < 1.29 is 23.5 Å². The largest absolute Gasteiger partial charge is 0.481 e. The van der Waals surface area contributed by atoms with Crippen LogP contribution in [-0.4, -0.2) is 28.6 Å². The van der Waals surface area contributed by atoms with E-state index in [-0.39, 0.29) is 24.9 Å². The Morgan fingerprint density at radius 2 is 1.96 bits per heavy atom. The Morgan fingerprint density at radius 3 is 2.60 bits per heavy atom. The molecule has 9 heteroatoms. The van der Waals surface area contributed by atoms with Crippen LogP contribution in [0, 0.1) is 18.6 Å². The molecule has 25 heavy (non-hydrogen) atoms. The van der Waals surface area contributed by atoms with Crippen LogP contribution in [0.3, 0.4) is 0 Å². The summed E-state index contributed by atoms with van der Waals surface area (Å²) in [4.78, 5) is 26.9. The molecule has 0 aliphatic carbocycles. The van der Waals surface area contributed by atoms with Crippen LogP contribution in [0.25, 0.3) is 0 Å². The highest BCUT2D eigenvalue weighted by Gasteiger charge is 2.15. The van der Waals surface area contributed by atoms with Crippen LogP contribution in [-0.2, 0) is 11.2 Å². The third kappa shape index (κ3) is 5.49. The average molecular weight is 369 g/mol. The summed E-state index contributed by atoms with van der Waals surface area (Å²) in [5, 5.41) is 13.9. The number of carboxylic acids is 1. The molecule has 0 aliphatic rings. The lowest BCUT2D eigenvalue weighted by Crippen LogP contribution is -2.29. The average Bonchev–Trinajstić information content (AvgIpc) is 2.87. The van der Waals surface area contributed by atoms with E-state index in [1.54, 1.807) is 6.92 Å². The van der Waals surface area contributed by atoms with Crippen molar-refractivity contribution in [1.82, 2.24) is 10.3 Å². The number of carboxylic acid groups (broad SMARTS) is 1. The molecule has 0 radical (unpaired) electrons. The Hall–Kier alpha value is -2.55. The number of urea groups is 1. The van der Waals surface area contributed by atoms with Gasteiger partial charge in [-0.15, -0.1) is 11.3 Å². The van der Waals surface area contributed by atoms with Crippen LogP contribution in [0.4, 0.5) is 18.7 Å². The quantitative estimate of drug-likeness (QED) is 0.653. The van der Waals surface area contributed by atoms with Crippen molar-refractivity contribution in [3.05, 3.63) is 46.0 Å². The first-order valence-electron chi connectivity index (χ1n) is 7.52. The van der Waals surface area contributed by atoms with E-state index in [9.17, 15) is 18.4 Å². The Bertz CT molecular complexity index is 760. The maximum atomic E-state index is 13.7. The number of aryl methyl sites for hydroxylation is 1. The summed E-state index contributed by atoms with van der Waals surface area (Å²) in [6, 6.07) is 3.18. The van der Waals surface area contributed by atoms with E-state index in [2.05, 4.69) is 15.6 Å². The van der Waals surface area contributed by atoms with Gasteiger partial charge in [0.05, 0.1) is 5.69 Å². The second-order valence-electron chi connectivity index (χ2n) is 5.28. The van der Waals surface area contributed by atoms with E-state index in [1.165, 1.54) is 18.2 Å². The summed E-state index contributed by atoms with van der Waals surface area (Å²) < 4.78 is 27.5. The minimum absolute atomic E-state index is 0.0327. The third-order valence-corrected chi connectivity index (χ3v) is 4.44. The van der Waals surface area contributed by atoms with Crippen molar-refractivity contribution >= 4 is 28.5 Å². The van der Waals surface area contributed by atoms with Gasteiger partial charge in [-0.2, -0.15) is 0 Å². The molecule has 2 rings (SSSR count). The molecular formula is C16H17F2N3O3S. The number of thiazole rings is 1. The molecule has 0 spiro atoms. The molecule has 1 aromatic carbocycles. The van der Waals surface area contributed by atoms with E-state index >= 15 is 0 Å². The number of hydrogen-bond donors (Lipinski definition) is 3. The Kier molecular flexibility index (Phi) is 6.40. The predicted molar refractivity (Wildman–Crippen MR) is 89.9 cm³/mol. The molecule has 6 nitrogen and oxygen atoms in total. The first-order valence-corrected chi connectivity index (χ1v) is 8.34. The monoisotopic (exact) mass is 369 g/mol. The second kappa shape index (κ2) is 8.52. The number of hydrogen-bond acceptors (Lipinski definition) is 4. The molecule has 0 saturated heterocycles. The number of aliphatic carboxylic acids is 1. The number of amides is 2. The summed E-state index contributed by atoms with van der Waals surface area (Å²) in [5.74, 6) is -2.18. The number of carbonyl (C=O) groups is 2. The summed E-state index contributed by atoms with van der Waals surface area (Å²) >= 11 is 1.13. The molecule has 134 valence electrons. The topological polar surface area (TPSA) is 91.3 Å². The van der Waals surface area contributed by atoms with Gasteiger partial charge in [0, 0.05) is 29.8 Å². The van der Waals surface area contributed by atoms with Crippen LogP contribution in [0.15, 0.2) is 18.2 Å².